The van der Waals surface area contributed by atoms with Gasteiger partial charge in [-0.2, -0.15) is 0 Å². The molecule has 0 atom stereocenters. The molecule has 6 aromatic carbocycles. The Hall–Kier alpha value is -5.81. The molecule has 42 heavy (non-hydrogen) atoms. The number of benzene rings is 6. The van der Waals surface area contributed by atoms with Crippen LogP contribution in [0.5, 0.6) is 23.0 Å². The van der Waals surface area contributed by atoms with E-state index in [0.717, 1.165) is 23.0 Å². The van der Waals surface area contributed by atoms with E-state index in [1.165, 1.54) is 22.3 Å². The Bertz CT molecular complexity index is 1480. The number of carboxylic acid groups (broad SMARTS) is 2. The maximum atomic E-state index is 8.56. The zero-order valence-electron chi connectivity index (χ0n) is 22.8. The van der Waals surface area contributed by atoms with Gasteiger partial charge in [0.05, 0.1) is 0 Å². The number of hydrogen-bond donors (Lipinski definition) is 2. The van der Waals surface area contributed by atoms with Crippen molar-refractivity contribution in [1.29, 1.82) is 0 Å². The van der Waals surface area contributed by atoms with Crippen molar-refractivity contribution >= 4 is 6.16 Å². The van der Waals surface area contributed by atoms with Gasteiger partial charge in [0, 0.05) is 0 Å². The van der Waals surface area contributed by atoms with Crippen LogP contribution in [-0.2, 0) is 0 Å². The molecule has 0 saturated carbocycles. The average Bonchev–Trinajstić information content (AvgIpc) is 3.04. The van der Waals surface area contributed by atoms with Crippen LogP contribution in [0, 0.1) is 0 Å². The molecule has 0 spiro atoms. The average molecular weight is 555 g/mol. The Morgan fingerprint density at radius 3 is 0.833 bits per heavy atom. The highest BCUT2D eigenvalue weighted by Gasteiger charge is 2.00. The lowest BCUT2D eigenvalue weighted by Gasteiger charge is -2.06. The quantitative estimate of drug-likeness (QED) is 0.214. The second-order valence-electron chi connectivity index (χ2n) is 8.89. The fourth-order valence-electron chi connectivity index (χ4n) is 3.94. The first-order valence-corrected chi connectivity index (χ1v) is 13.3. The molecule has 0 aromatic heterocycles. The molecule has 0 aliphatic rings. The fourth-order valence-corrected chi connectivity index (χ4v) is 3.94. The Balaban J connectivity index is 0.000000171. The SMILES string of the molecule is O=C(O)O.c1ccc(Oc2ccc(-c3ccccc3)cc2)cc1.c1ccc(Oc2ccc(-c3ccccc3)cc2)cc1. The standard InChI is InChI=1S/2C18H14O.CH2O3/c2*1-3-7-15(8-4-1)16-11-13-18(14-12-16)19-17-9-5-2-6-10-17;2-1(3)4/h2*1-14H;(H2,2,3,4). The Labute approximate surface area is 245 Å². The van der Waals surface area contributed by atoms with E-state index in [1.54, 1.807) is 0 Å². The van der Waals surface area contributed by atoms with E-state index >= 15 is 0 Å². The summed E-state index contributed by atoms with van der Waals surface area (Å²) in [7, 11) is 0. The third-order valence-corrected chi connectivity index (χ3v) is 5.88. The largest absolute Gasteiger partial charge is 0.503 e. The molecule has 5 nitrogen and oxygen atoms in total. The second-order valence-corrected chi connectivity index (χ2v) is 8.89. The van der Waals surface area contributed by atoms with E-state index in [4.69, 9.17) is 24.5 Å². The fraction of sp³-hybridized carbons (Fsp3) is 0. The predicted octanol–water partition coefficient (Wildman–Crippen LogP) is 10.5. The van der Waals surface area contributed by atoms with Gasteiger partial charge in [-0.15, -0.1) is 0 Å². The molecule has 0 heterocycles. The number of ether oxygens (including phenoxy) is 2. The van der Waals surface area contributed by atoms with E-state index in [-0.39, 0.29) is 0 Å². The van der Waals surface area contributed by atoms with Gasteiger partial charge in [-0.05, 0) is 70.8 Å². The van der Waals surface area contributed by atoms with Crippen molar-refractivity contribution < 1.29 is 24.5 Å². The number of carbonyl (C=O) groups is 1. The molecule has 0 saturated heterocycles. The summed E-state index contributed by atoms with van der Waals surface area (Å²) in [5.74, 6) is 3.42. The summed E-state index contributed by atoms with van der Waals surface area (Å²) in [6.07, 6.45) is -1.83. The van der Waals surface area contributed by atoms with Gasteiger partial charge in [0.2, 0.25) is 0 Å². The third kappa shape index (κ3) is 9.74. The summed E-state index contributed by atoms with van der Waals surface area (Å²) < 4.78 is 11.5. The first-order valence-electron chi connectivity index (χ1n) is 13.3. The maximum Gasteiger partial charge on any atom is 0.503 e. The molecule has 0 fully saturated rings. The van der Waals surface area contributed by atoms with Crippen LogP contribution in [0.15, 0.2) is 170 Å². The predicted molar refractivity (Wildman–Crippen MR) is 167 cm³/mol. The summed E-state index contributed by atoms with van der Waals surface area (Å²) in [5.41, 5.74) is 4.82. The third-order valence-electron chi connectivity index (χ3n) is 5.88. The van der Waals surface area contributed by atoms with E-state index in [9.17, 15) is 0 Å². The van der Waals surface area contributed by atoms with E-state index < -0.39 is 6.16 Å². The van der Waals surface area contributed by atoms with Crippen molar-refractivity contribution in [2.45, 2.75) is 0 Å². The normalized spacial score (nSPS) is 9.71. The van der Waals surface area contributed by atoms with Gasteiger partial charge >= 0.3 is 6.16 Å². The lowest BCUT2D eigenvalue weighted by molar-refractivity contribution is 0.137. The molecular formula is C37H30O5. The van der Waals surface area contributed by atoms with Crippen LogP contribution in [0.3, 0.4) is 0 Å². The van der Waals surface area contributed by atoms with Gasteiger partial charge in [-0.1, -0.05) is 121 Å². The van der Waals surface area contributed by atoms with Gasteiger partial charge in [0.15, 0.2) is 0 Å². The van der Waals surface area contributed by atoms with E-state index in [1.807, 2.05) is 121 Å². The lowest BCUT2D eigenvalue weighted by atomic mass is 10.1. The molecule has 5 heteroatoms. The van der Waals surface area contributed by atoms with E-state index in [0.29, 0.717) is 0 Å². The Morgan fingerprint density at radius 1 is 0.333 bits per heavy atom. The van der Waals surface area contributed by atoms with Crippen molar-refractivity contribution in [3.05, 3.63) is 170 Å². The lowest BCUT2D eigenvalue weighted by Crippen LogP contribution is -1.83. The van der Waals surface area contributed by atoms with Crippen molar-refractivity contribution in [3.8, 4) is 45.3 Å². The molecule has 0 aliphatic carbocycles. The minimum absolute atomic E-state index is 0.853. The minimum atomic E-state index is -1.83. The molecule has 0 radical (unpaired) electrons. The van der Waals surface area contributed by atoms with Crippen LogP contribution < -0.4 is 9.47 Å². The molecule has 0 unspecified atom stereocenters. The van der Waals surface area contributed by atoms with E-state index in [2.05, 4.69) is 48.5 Å². The first kappa shape index (κ1) is 29.2. The van der Waals surface area contributed by atoms with Crippen LogP contribution in [0.4, 0.5) is 4.79 Å². The summed E-state index contributed by atoms with van der Waals surface area (Å²) in [4.78, 5) is 8.56. The van der Waals surface area contributed by atoms with Crippen molar-refractivity contribution in [2.24, 2.45) is 0 Å². The molecular weight excluding hydrogens is 524 g/mol. The van der Waals surface area contributed by atoms with Crippen molar-refractivity contribution in [1.82, 2.24) is 0 Å². The second kappa shape index (κ2) is 15.7. The first-order chi connectivity index (χ1) is 20.6. The molecule has 6 aromatic rings. The smallest absolute Gasteiger partial charge is 0.457 e. The highest BCUT2D eigenvalue weighted by atomic mass is 16.6. The Morgan fingerprint density at radius 2 is 0.548 bits per heavy atom. The molecule has 0 amide bonds. The summed E-state index contributed by atoms with van der Waals surface area (Å²) in [6.45, 7) is 0. The number of para-hydroxylation sites is 2. The molecule has 2 N–H and O–H groups in total. The van der Waals surface area contributed by atoms with Crippen molar-refractivity contribution in [2.75, 3.05) is 0 Å². The van der Waals surface area contributed by atoms with Crippen LogP contribution in [0.25, 0.3) is 22.3 Å². The molecule has 0 aliphatic heterocycles. The van der Waals surface area contributed by atoms with Crippen molar-refractivity contribution in [3.63, 3.8) is 0 Å². The van der Waals surface area contributed by atoms with Gasteiger partial charge in [0.1, 0.15) is 23.0 Å². The maximum absolute atomic E-state index is 8.56. The Kier molecular flexibility index (Phi) is 10.9. The van der Waals surface area contributed by atoms with Crippen LogP contribution in [0.1, 0.15) is 0 Å². The highest BCUT2D eigenvalue weighted by molar-refractivity contribution is 5.65. The summed E-state index contributed by atoms with van der Waals surface area (Å²) >= 11 is 0. The van der Waals surface area contributed by atoms with Gasteiger partial charge in [-0.25, -0.2) is 4.79 Å². The highest BCUT2D eigenvalue weighted by Crippen LogP contribution is 2.26. The van der Waals surface area contributed by atoms with Crippen LogP contribution in [-0.4, -0.2) is 16.4 Å². The summed E-state index contributed by atoms with van der Waals surface area (Å²) in [6, 6.07) is 56.6. The van der Waals surface area contributed by atoms with Crippen LogP contribution >= 0.6 is 0 Å². The molecule has 6 rings (SSSR count). The zero-order valence-corrected chi connectivity index (χ0v) is 22.8. The number of hydrogen-bond acceptors (Lipinski definition) is 3. The molecule has 0 bridgehead atoms. The van der Waals surface area contributed by atoms with Gasteiger partial charge in [-0.3, -0.25) is 0 Å². The van der Waals surface area contributed by atoms with Gasteiger partial charge < -0.3 is 19.7 Å². The van der Waals surface area contributed by atoms with Crippen LogP contribution in [0.2, 0.25) is 0 Å². The topological polar surface area (TPSA) is 76.0 Å². The summed E-state index contributed by atoms with van der Waals surface area (Å²) in [5, 5.41) is 13.9. The minimum Gasteiger partial charge on any atom is -0.457 e. The molecule has 208 valence electrons. The number of rotatable bonds is 6. The van der Waals surface area contributed by atoms with Gasteiger partial charge in [0.25, 0.3) is 0 Å². The zero-order chi connectivity index (χ0) is 29.4. The monoisotopic (exact) mass is 554 g/mol.